The van der Waals surface area contributed by atoms with E-state index in [1.165, 1.54) is 5.56 Å². The van der Waals surface area contributed by atoms with Crippen LogP contribution in [-0.2, 0) is 0 Å². The molecule has 106 valence electrons. The van der Waals surface area contributed by atoms with E-state index in [9.17, 15) is 0 Å². The van der Waals surface area contributed by atoms with Gasteiger partial charge >= 0.3 is 0 Å². The molecule has 0 aliphatic carbocycles. The van der Waals surface area contributed by atoms with E-state index in [0.717, 1.165) is 29.2 Å². The molecule has 0 saturated heterocycles. The van der Waals surface area contributed by atoms with Gasteiger partial charge in [0.2, 0.25) is 0 Å². The smallest absolute Gasteiger partial charge is 0.121 e. The molecule has 0 spiro atoms. The molecule has 3 heteroatoms. The molecule has 0 radical (unpaired) electrons. The Hall–Kier alpha value is -2.16. The van der Waals surface area contributed by atoms with E-state index in [1.54, 1.807) is 0 Å². The van der Waals surface area contributed by atoms with Crippen LogP contribution >= 0.6 is 0 Å². The third kappa shape index (κ3) is 4.19. The van der Waals surface area contributed by atoms with Gasteiger partial charge in [-0.05, 0) is 37.6 Å². The molecule has 2 N–H and O–H groups in total. The molecule has 0 amide bonds. The summed E-state index contributed by atoms with van der Waals surface area (Å²) >= 11 is 0. The van der Waals surface area contributed by atoms with Gasteiger partial charge in [-0.1, -0.05) is 23.8 Å². The van der Waals surface area contributed by atoms with E-state index in [4.69, 9.17) is 15.2 Å². The highest BCUT2D eigenvalue weighted by Gasteiger charge is 1.98. The second kappa shape index (κ2) is 6.85. The minimum atomic E-state index is 0.619. The van der Waals surface area contributed by atoms with Crippen molar-refractivity contribution in [2.75, 3.05) is 18.9 Å². The molecule has 2 aromatic rings. The van der Waals surface area contributed by atoms with Gasteiger partial charge in [0.05, 0.1) is 13.2 Å². The number of nitrogen functional groups attached to an aromatic ring is 1. The van der Waals surface area contributed by atoms with E-state index < -0.39 is 0 Å². The van der Waals surface area contributed by atoms with Crippen molar-refractivity contribution in [2.24, 2.45) is 0 Å². The fraction of sp³-hybridized carbons (Fsp3) is 0.294. The van der Waals surface area contributed by atoms with Crippen LogP contribution in [0.4, 0.5) is 5.69 Å². The molecule has 0 fully saturated rings. The maximum absolute atomic E-state index is 5.83. The van der Waals surface area contributed by atoms with E-state index >= 15 is 0 Å². The molecule has 2 aromatic carbocycles. The second-order valence-electron chi connectivity index (χ2n) is 4.88. The maximum atomic E-state index is 5.83. The average Bonchev–Trinajstić information content (AvgIpc) is 2.44. The molecule has 0 aromatic heterocycles. The molecular formula is C17H21NO2. The van der Waals surface area contributed by atoms with Crippen LogP contribution in [0.15, 0.2) is 42.5 Å². The van der Waals surface area contributed by atoms with Crippen molar-refractivity contribution in [3.8, 4) is 11.5 Å². The molecule has 0 atom stereocenters. The Labute approximate surface area is 120 Å². The van der Waals surface area contributed by atoms with Crippen molar-refractivity contribution in [1.29, 1.82) is 0 Å². The highest BCUT2D eigenvalue weighted by atomic mass is 16.5. The Balaban J connectivity index is 1.68. The Morgan fingerprint density at radius 3 is 2.10 bits per heavy atom. The summed E-state index contributed by atoms with van der Waals surface area (Å²) in [6.45, 7) is 5.30. The van der Waals surface area contributed by atoms with Crippen molar-refractivity contribution in [3.05, 3.63) is 53.6 Å². The molecule has 2 rings (SSSR count). The zero-order valence-electron chi connectivity index (χ0n) is 12.1. The molecule has 0 unspecified atom stereocenters. The topological polar surface area (TPSA) is 44.5 Å². The first-order valence-electron chi connectivity index (χ1n) is 6.83. The van der Waals surface area contributed by atoms with Crippen molar-refractivity contribution in [2.45, 2.75) is 20.3 Å². The molecule has 3 nitrogen and oxygen atoms in total. The SMILES string of the molecule is Cc1ccc(OCCCOc2ccc(C)c(N)c2)cc1. The number of hydrogen-bond donors (Lipinski definition) is 1. The first-order valence-corrected chi connectivity index (χ1v) is 6.83. The molecular weight excluding hydrogens is 250 g/mol. The molecule has 20 heavy (non-hydrogen) atoms. The standard InChI is InChI=1S/C17H21NO2/c1-13-4-7-15(8-5-13)19-10-3-11-20-16-9-6-14(2)17(18)12-16/h4-9,12H,3,10-11,18H2,1-2H3. The van der Waals surface area contributed by atoms with Crippen molar-refractivity contribution >= 4 is 5.69 Å². The zero-order chi connectivity index (χ0) is 14.4. The average molecular weight is 271 g/mol. The van der Waals surface area contributed by atoms with E-state index in [1.807, 2.05) is 49.4 Å². The predicted octanol–water partition coefficient (Wildman–Crippen LogP) is 3.73. The van der Waals surface area contributed by atoms with Gasteiger partial charge in [-0.25, -0.2) is 0 Å². The lowest BCUT2D eigenvalue weighted by atomic mass is 10.2. The summed E-state index contributed by atoms with van der Waals surface area (Å²) in [5, 5.41) is 0. The van der Waals surface area contributed by atoms with Crippen LogP contribution in [0.25, 0.3) is 0 Å². The van der Waals surface area contributed by atoms with Gasteiger partial charge in [-0.15, -0.1) is 0 Å². The fourth-order valence-corrected chi connectivity index (χ4v) is 1.78. The quantitative estimate of drug-likeness (QED) is 0.643. The van der Waals surface area contributed by atoms with Crippen LogP contribution in [0.3, 0.4) is 0 Å². The van der Waals surface area contributed by atoms with Gasteiger partial charge in [0.25, 0.3) is 0 Å². The molecule has 0 saturated carbocycles. The first-order chi connectivity index (χ1) is 9.65. The van der Waals surface area contributed by atoms with Crippen molar-refractivity contribution in [1.82, 2.24) is 0 Å². The van der Waals surface area contributed by atoms with Crippen LogP contribution in [-0.4, -0.2) is 13.2 Å². The number of anilines is 1. The maximum Gasteiger partial charge on any atom is 0.121 e. The predicted molar refractivity (Wildman–Crippen MR) is 82.4 cm³/mol. The van der Waals surface area contributed by atoms with Crippen LogP contribution in [0.5, 0.6) is 11.5 Å². The summed E-state index contributed by atoms with van der Waals surface area (Å²) in [5.74, 6) is 1.71. The highest BCUT2D eigenvalue weighted by molar-refractivity contribution is 5.50. The number of aryl methyl sites for hydroxylation is 2. The zero-order valence-corrected chi connectivity index (χ0v) is 12.1. The number of benzene rings is 2. The lowest BCUT2D eigenvalue weighted by molar-refractivity contribution is 0.247. The summed E-state index contributed by atoms with van der Waals surface area (Å²) in [5.41, 5.74) is 8.90. The Kier molecular flexibility index (Phi) is 4.88. The lowest BCUT2D eigenvalue weighted by Crippen LogP contribution is -2.05. The minimum absolute atomic E-state index is 0.619. The van der Waals surface area contributed by atoms with Gasteiger partial charge in [-0.3, -0.25) is 0 Å². The van der Waals surface area contributed by atoms with Crippen molar-refractivity contribution < 1.29 is 9.47 Å². The third-order valence-electron chi connectivity index (χ3n) is 3.10. The van der Waals surface area contributed by atoms with E-state index in [0.29, 0.717) is 13.2 Å². The molecule has 0 aliphatic heterocycles. The van der Waals surface area contributed by atoms with E-state index in [2.05, 4.69) is 6.92 Å². The summed E-state index contributed by atoms with van der Waals surface area (Å²) < 4.78 is 11.3. The van der Waals surface area contributed by atoms with Crippen LogP contribution in [0.1, 0.15) is 17.5 Å². The number of hydrogen-bond acceptors (Lipinski definition) is 3. The molecule has 0 bridgehead atoms. The summed E-state index contributed by atoms with van der Waals surface area (Å²) in [6, 6.07) is 13.8. The highest BCUT2D eigenvalue weighted by Crippen LogP contribution is 2.19. The Bertz CT molecular complexity index is 549. The molecule has 0 aliphatic rings. The summed E-state index contributed by atoms with van der Waals surface area (Å²) in [7, 11) is 0. The van der Waals surface area contributed by atoms with Gasteiger partial charge in [0, 0.05) is 18.2 Å². The number of nitrogens with two attached hydrogens (primary N) is 1. The third-order valence-corrected chi connectivity index (χ3v) is 3.10. The summed E-state index contributed by atoms with van der Waals surface area (Å²) in [4.78, 5) is 0. The Morgan fingerprint density at radius 1 is 0.850 bits per heavy atom. The first kappa shape index (κ1) is 14.3. The normalized spacial score (nSPS) is 10.3. The number of ether oxygens (including phenoxy) is 2. The van der Waals surface area contributed by atoms with Gasteiger partial charge in [0.1, 0.15) is 11.5 Å². The minimum Gasteiger partial charge on any atom is -0.493 e. The van der Waals surface area contributed by atoms with Crippen LogP contribution in [0, 0.1) is 13.8 Å². The van der Waals surface area contributed by atoms with Crippen molar-refractivity contribution in [3.63, 3.8) is 0 Å². The van der Waals surface area contributed by atoms with Gasteiger partial charge < -0.3 is 15.2 Å². The van der Waals surface area contributed by atoms with E-state index in [-0.39, 0.29) is 0 Å². The Morgan fingerprint density at radius 2 is 1.45 bits per heavy atom. The van der Waals surface area contributed by atoms with Crippen LogP contribution < -0.4 is 15.2 Å². The monoisotopic (exact) mass is 271 g/mol. The lowest BCUT2D eigenvalue weighted by Gasteiger charge is -2.09. The summed E-state index contributed by atoms with van der Waals surface area (Å²) in [6.07, 6.45) is 0.835. The van der Waals surface area contributed by atoms with Crippen LogP contribution in [0.2, 0.25) is 0 Å². The fourth-order valence-electron chi connectivity index (χ4n) is 1.78. The largest absolute Gasteiger partial charge is 0.493 e. The molecule has 0 heterocycles. The van der Waals surface area contributed by atoms with Gasteiger partial charge in [0.15, 0.2) is 0 Å². The second-order valence-corrected chi connectivity index (χ2v) is 4.88. The van der Waals surface area contributed by atoms with Gasteiger partial charge in [-0.2, -0.15) is 0 Å². The number of rotatable bonds is 6.